The third-order valence-electron chi connectivity index (χ3n) is 3.83. The molecule has 146 valence electrons. The van der Waals surface area contributed by atoms with Crippen molar-refractivity contribution in [3.63, 3.8) is 0 Å². The number of carbonyl (C=O) groups excluding carboxylic acids is 2. The van der Waals surface area contributed by atoms with E-state index in [0.717, 1.165) is 11.8 Å². The molecule has 0 saturated carbocycles. The molecule has 3 aromatic rings. The molecule has 12 heteroatoms. The van der Waals surface area contributed by atoms with Gasteiger partial charge in [-0.25, -0.2) is 4.79 Å². The number of aryl methyl sites for hydroxylation is 2. The van der Waals surface area contributed by atoms with E-state index in [1.165, 1.54) is 21.8 Å². The Morgan fingerprint density at radius 3 is 2.50 bits per heavy atom. The van der Waals surface area contributed by atoms with E-state index in [1.54, 1.807) is 31.2 Å². The highest BCUT2D eigenvalue weighted by Crippen LogP contribution is 2.14. The summed E-state index contributed by atoms with van der Waals surface area (Å²) in [6, 6.07) is 0. The molecule has 3 aromatic heterocycles. The second-order valence-corrected chi connectivity index (χ2v) is 6.02. The summed E-state index contributed by atoms with van der Waals surface area (Å²) in [5.41, 5.74) is 1.23. The number of carbonyl (C=O) groups is 3. The van der Waals surface area contributed by atoms with E-state index in [2.05, 4.69) is 25.9 Å². The quantitative estimate of drug-likeness (QED) is 0.501. The van der Waals surface area contributed by atoms with Crippen molar-refractivity contribution in [2.24, 2.45) is 14.1 Å². The fourth-order valence-electron chi connectivity index (χ4n) is 2.52. The van der Waals surface area contributed by atoms with Crippen molar-refractivity contribution in [3.8, 4) is 0 Å². The third kappa shape index (κ3) is 4.23. The lowest BCUT2D eigenvalue weighted by molar-refractivity contribution is -0.116. The van der Waals surface area contributed by atoms with E-state index >= 15 is 0 Å². The number of hydrogen-bond acceptors (Lipinski definition) is 6. The smallest absolute Gasteiger partial charge is 0.338 e. The van der Waals surface area contributed by atoms with Gasteiger partial charge in [0.25, 0.3) is 5.91 Å². The average Bonchev–Trinajstić information content (AvgIpc) is 3.34. The largest absolute Gasteiger partial charge is 0.478 e. The molecule has 0 aliphatic heterocycles. The number of hydrogen-bond donors (Lipinski definition) is 3. The average molecular weight is 386 g/mol. The maximum Gasteiger partial charge on any atom is 0.338 e. The number of carboxylic acid groups (broad SMARTS) is 1. The summed E-state index contributed by atoms with van der Waals surface area (Å²) in [6.45, 7) is 0.0649. The highest BCUT2D eigenvalue weighted by atomic mass is 16.4. The van der Waals surface area contributed by atoms with Crippen LogP contribution in [0.15, 0.2) is 31.0 Å². The van der Waals surface area contributed by atoms with Gasteiger partial charge in [0, 0.05) is 38.6 Å². The van der Waals surface area contributed by atoms with E-state index < -0.39 is 17.8 Å². The summed E-state index contributed by atoms with van der Waals surface area (Å²) < 4.78 is 4.17. The Bertz CT molecular complexity index is 1030. The molecule has 0 aliphatic rings. The molecule has 0 aromatic carbocycles. The molecule has 3 heterocycles. The Labute approximate surface area is 158 Å². The van der Waals surface area contributed by atoms with Gasteiger partial charge in [0.1, 0.15) is 12.2 Å². The summed E-state index contributed by atoms with van der Waals surface area (Å²) in [6.07, 6.45) is 7.18. The zero-order chi connectivity index (χ0) is 20.3. The lowest BCUT2D eigenvalue weighted by atomic mass is 10.3. The van der Waals surface area contributed by atoms with Gasteiger partial charge >= 0.3 is 5.97 Å². The molecule has 0 radical (unpaired) electrons. The Balaban J connectivity index is 1.64. The number of aromatic carboxylic acids is 1. The molecule has 0 bridgehead atoms. The molecule has 12 nitrogen and oxygen atoms in total. The van der Waals surface area contributed by atoms with E-state index in [-0.39, 0.29) is 30.0 Å². The highest BCUT2D eigenvalue weighted by molar-refractivity contribution is 6.02. The third-order valence-corrected chi connectivity index (χ3v) is 3.83. The zero-order valence-corrected chi connectivity index (χ0v) is 15.2. The van der Waals surface area contributed by atoms with Crippen molar-refractivity contribution in [2.45, 2.75) is 13.1 Å². The minimum Gasteiger partial charge on any atom is -0.478 e. The first-order valence-electron chi connectivity index (χ1n) is 8.17. The standard InChI is InChI=1S/C16H18N8O4/c1-22-7-10(4-18-22)3-17-15(26)14-12(6-19-23(14)2)21-13(25)9-24-8-11(5-20-24)16(27)28/h4-8H,3,9H2,1-2H3,(H,17,26)(H,21,25)(H,27,28). The number of anilines is 1. The van der Waals surface area contributed by atoms with Crippen LogP contribution in [-0.4, -0.2) is 52.2 Å². The van der Waals surface area contributed by atoms with E-state index in [0.29, 0.717) is 0 Å². The maximum absolute atomic E-state index is 12.5. The normalized spacial score (nSPS) is 10.6. The van der Waals surface area contributed by atoms with Crippen LogP contribution >= 0.6 is 0 Å². The van der Waals surface area contributed by atoms with Gasteiger partial charge in [-0.05, 0) is 0 Å². The molecule has 0 aliphatic carbocycles. The molecular formula is C16H18N8O4. The van der Waals surface area contributed by atoms with Crippen molar-refractivity contribution in [1.82, 2.24) is 34.7 Å². The Morgan fingerprint density at radius 1 is 1.07 bits per heavy atom. The van der Waals surface area contributed by atoms with Crippen molar-refractivity contribution in [1.29, 1.82) is 0 Å². The summed E-state index contributed by atoms with van der Waals surface area (Å²) >= 11 is 0. The number of aromatic nitrogens is 6. The minimum absolute atomic E-state index is 0.0235. The van der Waals surface area contributed by atoms with Gasteiger partial charge in [-0.2, -0.15) is 15.3 Å². The molecule has 2 amide bonds. The minimum atomic E-state index is -1.13. The molecule has 0 unspecified atom stereocenters. The van der Waals surface area contributed by atoms with E-state index in [1.807, 2.05) is 0 Å². The fraction of sp³-hybridized carbons (Fsp3) is 0.250. The summed E-state index contributed by atoms with van der Waals surface area (Å²) in [5.74, 6) is -2.02. The van der Waals surface area contributed by atoms with Crippen LogP contribution in [0.3, 0.4) is 0 Å². The van der Waals surface area contributed by atoms with Crippen LogP contribution < -0.4 is 10.6 Å². The predicted octanol–water partition coefficient (Wildman–Crippen LogP) is -0.383. The zero-order valence-electron chi connectivity index (χ0n) is 15.2. The number of amides is 2. The van der Waals surface area contributed by atoms with Crippen molar-refractivity contribution in [2.75, 3.05) is 5.32 Å². The first kappa shape index (κ1) is 18.8. The maximum atomic E-state index is 12.5. The summed E-state index contributed by atoms with van der Waals surface area (Å²) in [5, 5.41) is 26.1. The van der Waals surface area contributed by atoms with Crippen LogP contribution in [0.1, 0.15) is 26.4 Å². The Hall–Kier alpha value is -3.96. The van der Waals surface area contributed by atoms with Gasteiger partial charge in [-0.15, -0.1) is 0 Å². The van der Waals surface area contributed by atoms with Crippen LogP contribution in [0.4, 0.5) is 5.69 Å². The molecule has 3 N–H and O–H groups in total. The van der Waals surface area contributed by atoms with Crippen LogP contribution in [0.5, 0.6) is 0 Å². The van der Waals surface area contributed by atoms with Crippen LogP contribution in [0, 0.1) is 0 Å². The van der Waals surface area contributed by atoms with Gasteiger partial charge in [0.15, 0.2) is 0 Å². The number of rotatable bonds is 7. The lowest BCUT2D eigenvalue weighted by Gasteiger charge is -2.08. The SMILES string of the molecule is Cn1cc(CNC(=O)c2c(NC(=O)Cn3cc(C(=O)O)cn3)cnn2C)cn1. The number of carboxylic acids is 1. The van der Waals surface area contributed by atoms with E-state index in [9.17, 15) is 14.4 Å². The molecule has 0 atom stereocenters. The molecular weight excluding hydrogens is 368 g/mol. The van der Waals surface area contributed by atoms with Crippen molar-refractivity contribution >= 4 is 23.5 Å². The van der Waals surface area contributed by atoms with Gasteiger partial charge in [0.05, 0.1) is 29.8 Å². The molecule has 28 heavy (non-hydrogen) atoms. The van der Waals surface area contributed by atoms with Crippen LogP contribution in [0.2, 0.25) is 0 Å². The van der Waals surface area contributed by atoms with Crippen molar-refractivity contribution in [3.05, 3.63) is 47.8 Å². The Kier molecular flexibility index (Phi) is 5.20. The highest BCUT2D eigenvalue weighted by Gasteiger charge is 2.19. The first-order chi connectivity index (χ1) is 13.3. The van der Waals surface area contributed by atoms with Gasteiger partial charge in [-0.3, -0.25) is 23.6 Å². The first-order valence-corrected chi connectivity index (χ1v) is 8.17. The summed E-state index contributed by atoms with van der Waals surface area (Å²) in [7, 11) is 3.36. The van der Waals surface area contributed by atoms with Gasteiger partial charge in [-0.1, -0.05) is 0 Å². The Morgan fingerprint density at radius 2 is 1.86 bits per heavy atom. The van der Waals surface area contributed by atoms with Gasteiger partial charge < -0.3 is 15.7 Å². The van der Waals surface area contributed by atoms with Crippen LogP contribution in [0.25, 0.3) is 0 Å². The second-order valence-electron chi connectivity index (χ2n) is 6.02. The second kappa shape index (κ2) is 7.73. The van der Waals surface area contributed by atoms with Crippen molar-refractivity contribution < 1.29 is 19.5 Å². The molecule has 0 spiro atoms. The molecule has 0 saturated heterocycles. The fourth-order valence-corrected chi connectivity index (χ4v) is 2.52. The van der Waals surface area contributed by atoms with Crippen LogP contribution in [-0.2, 0) is 32.0 Å². The number of nitrogens with one attached hydrogen (secondary N) is 2. The predicted molar refractivity (Wildman–Crippen MR) is 95.4 cm³/mol. The topological polar surface area (TPSA) is 149 Å². The molecule has 3 rings (SSSR count). The number of nitrogens with zero attached hydrogens (tertiary/aromatic N) is 6. The lowest BCUT2D eigenvalue weighted by Crippen LogP contribution is -2.27. The molecule has 0 fully saturated rings. The van der Waals surface area contributed by atoms with Gasteiger partial charge in [0.2, 0.25) is 5.91 Å². The van der Waals surface area contributed by atoms with E-state index in [4.69, 9.17) is 5.11 Å². The monoisotopic (exact) mass is 386 g/mol. The summed E-state index contributed by atoms with van der Waals surface area (Å²) in [4.78, 5) is 35.6.